The summed E-state index contributed by atoms with van der Waals surface area (Å²) < 4.78 is 17.6. The third kappa shape index (κ3) is 3.32. The SMILES string of the molecule is COCC(=O)NNC(=O)c1ccccc1F. The summed E-state index contributed by atoms with van der Waals surface area (Å²) in [5, 5.41) is 0. The third-order valence-corrected chi connectivity index (χ3v) is 1.71. The van der Waals surface area contributed by atoms with Crippen molar-refractivity contribution < 1.29 is 18.7 Å². The minimum atomic E-state index is -0.720. The molecule has 1 rings (SSSR count). The number of hydrazine groups is 1. The second kappa shape index (κ2) is 5.82. The minimum absolute atomic E-state index is 0.139. The van der Waals surface area contributed by atoms with E-state index in [1.807, 2.05) is 0 Å². The first kappa shape index (κ1) is 12.1. The standard InChI is InChI=1S/C10H11FN2O3/c1-16-6-9(14)12-13-10(15)7-4-2-3-5-8(7)11/h2-5H,6H2,1H3,(H,12,14)(H,13,15). The van der Waals surface area contributed by atoms with Crippen LogP contribution in [-0.4, -0.2) is 25.5 Å². The van der Waals surface area contributed by atoms with Crippen LogP contribution in [0.3, 0.4) is 0 Å². The van der Waals surface area contributed by atoms with Crippen molar-refractivity contribution in [2.24, 2.45) is 0 Å². The number of carbonyl (C=O) groups is 2. The first-order valence-corrected chi connectivity index (χ1v) is 4.48. The van der Waals surface area contributed by atoms with Crippen molar-refractivity contribution in [1.29, 1.82) is 0 Å². The molecule has 0 aliphatic rings. The maximum absolute atomic E-state index is 13.1. The van der Waals surface area contributed by atoms with Crippen LogP contribution in [0.4, 0.5) is 4.39 Å². The van der Waals surface area contributed by atoms with Crippen LogP contribution in [0.5, 0.6) is 0 Å². The van der Waals surface area contributed by atoms with Crippen LogP contribution < -0.4 is 10.9 Å². The number of hydrogen-bond donors (Lipinski definition) is 2. The fraction of sp³-hybridized carbons (Fsp3) is 0.200. The van der Waals surface area contributed by atoms with Gasteiger partial charge in [0, 0.05) is 7.11 Å². The second-order valence-corrected chi connectivity index (χ2v) is 2.92. The molecule has 5 nitrogen and oxygen atoms in total. The zero-order valence-electron chi connectivity index (χ0n) is 8.62. The molecule has 0 aliphatic heterocycles. The Morgan fingerprint density at radius 2 is 2.00 bits per heavy atom. The number of carbonyl (C=O) groups excluding carboxylic acids is 2. The molecule has 0 aliphatic carbocycles. The van der Waals surface area contributed by atoms with E-state index in [1.54, 1.807) is 0 Å². The topological polar surface area (TPSA) is 67.4 Å². The van der Waals surface area contributed by atoms with Crippen LogP contribution in [0.2, 0.25) is 0 Å². The molecule has 0 unspecified atom stereocenters. The summed E-state index contributed by atoms with van der Waals surface area (Å²) in [6.07, 6.45) is 0. The predicted octanol–water partition coefficient (Wildman–Crippen LogP) is 0.233. The van der Waals surface area contributed by atoms with E-state index in [2.05, 4.69) is 15.6 Å². The lowest BCUT2D eigenvalue weighted by molar-refractivity contribution is -0.125. The lowest BCUT2D eigenvalue weighted by atomic mass is 10.2. The van der Waals surface area contributed by atoms with Crippen molar-refractivity contribution in [2.45, 2.75) is 0 Å². The number of methoxy groups -OCH3 is 1. The molecular formula is C10H11FN2O3. The highest BCUT2D eigenvalue weighted by molar-refractivity contribution is 5.95. The summed E-state index contributed by atoms with van der Waals surface area (Å²) >= 11 is 0. The van der Waals surface area contributed by atoms with Crippen LogP contribution in [0.15, 0.2) is 24.3 Å². The van der Waals surface area contributed by atoms with Gasteiger partial charge >= 0.3 is 0 Å². The van der Waals surface area contributed by atoms with Gasteiger partial charge in [-0.25, -0.2) is 4.39 Å². The number of rotatable bonds is 3. The average Bonchev–Trinajstić information content (AvgIpc) is 2.27. The molecule has 0 aromatic heterocycles. The number of hydrogen-bond acceptors (Lipinski definition) is 3. The van der Waals surface area contributed by atoms with Gasteiger partial charge in [-0.3, -0.25) is 20.4 Å². The molecular weight excluding hydrogens is 215 g/mol. The van der Waals surface area contributed by atoms with Gasteiger partial charge < -0.3 is 4.74 Å². The highest BCUT2D eigenvalue weighted by Crippen LogP contribution is 2.04. The van der Waals surface area contributed by atoms with Gasteiger partial charge in [-0.1, -0.05) is 12.1 Å². The van der Waals surface area contributed by atoms with Crippen LogP contribution in [0.1, 0.15) is 10.4 Å². The molecule has 0 saturated heterocycles. The molecule has 2 N–H and O–H groups in total. The summed E-state index contributed by atoms with van der Waals surface area (Å²) in [5.74, 6) is -1.89. The van der Waals surface area contributed by atoms with Gasteiger partial charge in [0.25, 0.3) is 11.8 Å². The zero-order valence-corrected chi connectivity index (χ0v) is 8.62. The number of nitrogens with one attached hydrogen (secondary N) is 2. The minimum Gasteiger partial charge on any atom is -0.375 e. The summed E-state index contributed by atoms with van der Waals surface area (Å²) in [4.78, 5) is 22.3. The van der Waals surface area contributed by atoms with Crippen molar-refractivity contribution in [3.05, 3.63) is 35.6 Å². The molecule has 0 radical (unpaired) electrons. The Bertz CT molecular complexity index is 395. The fourth-order valence-electron chi connectivity index (χ4n) is 1.01. The lowest BCUT2D eigenvalue weighted by Crippen LogP contribution is -2.43. The van der Waals surface area contributed by atoms with Crippen LogP contribution in [0.25, 0.3) is 0 Å². The van der Waals surface area contributed by atoms with Crippen LogP contribution in [0, 0.1) is 5.82 Å². The molecule has 0 saturated carbocycles. The highest BCUT2D eigenvalue weighted by Gasteiger charge is 2.10. The first-order valence-electron chi connectivity index (χ1n) is 4.48. The van der Waals surface area contributed by atoms with Crippen molar-refractivity contribution in [3.63, 3.8) is 0 Å². The quantitative estimate of drug-likeness (QED) is 0.725. The Morgan fingerprint density at radius 3 is 2.62 bits per heavy atom. The van der Waals surface area contributed by atoms with Crippen LogP contribution >= 0.6 is 0 Å². The summed E-state index contributed by atoms with van der Waals surface area (Å²) in [6.45, 7) is -0.183. The fourth-order valence-corrected chi connectivity index (χ4v) is 1.01. The van der Waals surface area contributed by atoms with Crippen molar-refractivity contribution in [1.82, 2.24) is 10.9 Å². The molecule has 0 bridgehead atoms. The Morgan fingerprint density at radius 1 is 1.31 bits per heavy atom. The maximum atomic E-state index is 13.1. The van der Waals surface area contributed by atoms with Gasteiger partial charge in [0.05, 0.1) is 5.56 Å². The Hall–Kier alpha value is -1.95. The van der Waals surface area contributed by atoms with Gasteiger partial charge in [0.15, 0.2) is 0 Å². The van der Waals surface area contributed by atoms with Crippen molar-refractivity contribution in [2.75, 3.05) is 13.7 Å². The monoisotopic (exact) mass is 226 g/mol. The van der Waals surface area contributed by atoms with Gasteiger partial charge in [0.1, 0.15) is 12.4 Å². The van der Waals surface area contributed by atoms with E-state index in [0.29, 0.717) is 0 Å². The molecule has 1 aromatic carbocycles. The van der Waals surface area contributed by atoms with Gasteiger partial charge in [0.2, 0.25) is 0 Å². The van der Waals surface area contributed by atoms with E-state index in [0.717, 1.165) is 6.07 Å². The number of halogens is 1. The molecule has 0 spiro atoms. The summed E-state index contributed by atoms with van der Waals surface area (Å²) in [6, 6.07) is 5.46. The van der Waals surface area contributed by atoms with E-state index in [9.17, 15) is 14.0 Å². The van der Waals surface area contributed by atoms with Crippen molar-refractivity contribution >= 4 is 11.8 Å². The van der Waals surface area contributed by atoms with Gasteiger partial charge in [-0.05, 0) is 12.1 Å². The smallest absolute Gasteiger partial charge is 0.272 e. The Kier molecular flexibility index (Phi) is 4.41. The molecule has 6 heteroatoms. The molecule has 0 fully saturated rings. The highest BCUT2D eigenvalue weighted by atomic mass is 19.1. The molecule has 0 atom stereocenters. The number of ether oxygens (including phenoxy) is 1. The second-order valence-electron chi connectivity index (χ2n) is 2.92. The van der Waals surface area contributed by atoms with Gasteiger partial charge in [-0.2, -0.15) is 0 Å². The molecule has 2 amide bonds. The normalized spacial score (nSPS) is 9.62. The largest absolute Gasteiger partial charge is 0.375 e. The lowest BCUT2D eigenvalue weighted by Gasteiger charge is -2.06. The molecule has 1 aromatic rings. The molecule has 0 heterocycles. The third-order valence-electron chi connectivity index (χ3n) is 1.71. The summed E-state index contributed by atoms with van der Waals surface area (Å²) in [7, 11) is 1.35. The number of amides is 2. The predicted molar refractivity (Wildman–Crippen MR) is 53.9 cm³/mol. The van der Waals surface area contributed by atoms with E-state index in [4.69, 9.17) is 0 Å². The number of benzene rings is 1. The van der Waals surface area contributed by atoms with Crippen molar-refractivity contribution in [3.8, 4) is 0 Å². The first-order chi connectivity index (χ1) is 7.65. The molecule has 16 heavy (non-hydrogen) atoms. The maximum Gasteiger partial charge on any atom is 0.272 e. The van der Waals surface area contributed by atoms with E-state index in [-0.39, 0.29) is 12.2 Å². The van der Waals surface area contributed by atoms with E-state index in [1.165, 1.54) is 25.3 Å². The van der Waals surface area contributed by atoms with E-state index < -0.39 is 17.6 Å². The average molecular weight is 226 g/mol. The zero-order chi connectivity index (χ0) is 12.0. The van der Waals surface area contributed by atoms with Gasteiger partial charge in [-0.15, -0.1) is 0 Å². The van der Waals surface area contributed by atoms with Crippen LogP contribution in [-0.2, 0) is 9.53 Å². The summed E-state index contributed by atoms with van der Waals surface area (Å²) in [5.41, 5.74) is 4.01. The Labute approximate surface area is 91.6 Å². The van der Waals surface area contributed by atoms with E-state index >= 15 is 0 Å². The molecule has 86 valence electrons. The Balaban J connectivity index is 2.54.